The number of benzene rings is 1. The molecule has 1 heterocycles. The second kappa shape index (κ2) is 5.64. The van der Waals surface area contributed by atoms with E-state index >= 15 is 0 Å². The molecular formula is C14H17N3O3. The molecule has 2 aromatic rings. The molecule has 0 fully saturated rings. The van der Waals surface area contributed by atoms with Gasteiger partial charge >= 0.3 is 0 Å². The monoisotopic (exact) mass is 275 g/mol. The average molecular weight is 275 g/mol. The number of carbonyl (C=O) groups excluding carboxylic acids is 1. The van der Waals surface area contributed by atoms with Gasteiger partial charge in [-0.15, -0.1) is 0 Å². The molecule has 1 unspecified atom stereocenters. The smallest absolute Gasteiger partial charge is 0.287 e. The maximum absolute atomic E-state index is 12.1. The van der Waals surface area contributed by atoms with E-state index in [1.807, 2.05) is 32.0 Å². The lowest BCUT2D eigenvalue weighted by molar-refractivity contribution is 0.0920. The van der Waals surface area contributed by atoms with E-state index in [4.69, 9.17) is 15.4 Å². The van der Waals surface area contributed by atoms with Crippen molar-refractivity contribution in [1.82, 2.24) is 5.32 Å². The van der Waals surface area contributed by atoms with Gasteiger partial charge in [-0.2, -0.15) is 0 Å². The maximum Gasteiger partial charge on any atom is 0.287 e. The number of hydrogen-bond donors (Lipinski definition) is 3. The van der Waals surface area contributed by atoms with Crippen molar-refractivity contribution >= 4 is 22.7 Å². The van der Waals surface area contributed by atoms with Gasteiger partial charge in [0.15, 0.2) is 11.6 Å². The van der Waals surface area contributed by atoms with Crippen LogP contribution >= 0.6 is 0 Å². The number of furan rings is 1. The van der Waals surface area contributed by atoms with Gasteiger partial charge < -0.3 is 20.7 Å². The fraction of sp³-hybridized carbons (Fsp3) is 0.286. The highest BCUT2D eigenvalue weighted by Crippen LogP contribution is 2.20. The van der Waals surface area contributed by atoms with Crippen LogP contribution in [0.3, 0.4) is 0 Å². The molecule has 1 aromatic heterocycles. The first kappa shape index (κ1) is 13.9. The number of nitrogens with two attached hydrogens (primary N) is 1. The van der Waals surface area contributed by atoms with Crippen molar-refractivity contribution in [2.24, 2.45) is 10.9 Å². The molecule has 1 atom stereocenters. The summed E-state index contributed by atoms with van der Waals surface area (Å²) in [6.45, 7) is 3.79. The highest BCUT2D eigenvalue weighted by Gasteiger charge is 2.18. The molecule has 0 saturated carbocycles. The van der Waals surface area contributed by atoms with Gasteiger partial charge in [0.25, 0.3) is 5.91 Å². The van der Waals surface area contributed by atoms with E-state index in [9.17, 15) is 4.79 Å². The quantitative estimate of drug-likeness (QED) is 0.344. The Kier molecular flexibility index (Phi) is 3.93. The summed E-state index contributed by atoms with van der Waals surface area (Å²) in [4.78, 5) is 12.1. The van der Waals surface area contributed by atoms with Crippen molar-refractivity contribution in [3.8, 4) is 0 Å². The second-order valence-electron chi connectivity index (χ2n) is 4.61. The second-order valence-corrected chi connectivity index (χ2v) is 4.61. The van der Waals surface area contributed by atoms with Crippen molar-refractivity contribution in [1.29, 1.82) is 0 Å². The van der Waals surface area contributed by atoms with Crippen LogP contribution in [0.4, 0.5) is 0 Å². The molecule has 0 spiro atoms. The van der Waals surface area contributed by atoms with Gasteiger partial charge in [0.1, 0.15) is 5.58 Å². The summed E-state index contributed by atoms with van der Waals surface area (Å²) in [6, 6.07) is 6.83. The highest BCUT2D eigenvalue weighted by atomic mass is 16.4. The summed E-state index contributed by atoms with van der Waals surface area (Å²) >= 11 is 0. The van der Waals surface area contributed by atoms with Crippen molar-refractivity contribution in [2.45, 2.75) is 26.3 Å². The standard InChI is InChI=1S/C14H17N3O3/c1-3-10(13(15)17-19)16-14(18)12-7-9-6-8(2)4-5-11(9)20-12/h4-7,10,19H,3H2,1-2H3,(H2,15,17)(H,16,18). The summed E-state index contributed by atoms with van der Waals surface area (Å²) in [7, 11) is 0. The number of oxime groups is 1. The van der Waals surface area contributed by atoms with Gasteiger partial charge in [-0.05, 0) is 31.5 Å². The van der Waals surface area contributed by atoms with Gasteiger partial charge in [0.05, 0.1) is 6.04 Å². The number of nitrogens with zero attached hydrogens (tertiary/aromatic N) is 1. The molecule has 0 saturated heterocycles. The third kappa shape index (κ3) is 2.74. The van der Waals surface area contributed by atoms with E-state index < -0.39 is 11.9 Å². The SMILES string of the molecule is CCC(NC(=O)c1cc2cc(C)ccc2o1)C(N)=NO. The number of amidine groups is 1. The van der Waals surface area contributed by atoms with Gasteiger partial charge in [0, 0.05) is 5.39 Å². The zero-order chi connectivity index (χ0) is 14.7. The summed E-state index contributed by atoms with van der Waals surface area (Å²) in [6.07, 6.45) is 0.515. The maximum atomic E-state index is 12.1. The summed E-state index contributed by atoms with van der Waals surface area (Å²) in [5.74, 6) is -0.222. The van der Waals surface area contributed by atoms with Crippen LogP contribution in [0.15, 0.2) is 33.8 Å². The minimum Gasteiger partial charge on any atom is -0.451 e. The summed E-state index contributed by atoms with van der Waals surface area (Å²) in [5, 5.41) is 15.1. The Labute approximate surface area is 116 Å². The zero-order valence-electron chi connectivity index (χ0n) is 11.4. The van der Waals surface area contributed by atoms with Gasteiger partial charge in [0.2, 0.25) is 0 Å². The Balaban J connectivity index is 2.23. The minimum atomic E-state index is -0.526. The normalized spacial score (nSPS) is 13.4. The molecule has 4 N–H and O–H groups in total. The molecule has 0 radical (unpaired) electrons. The average Bonchev–Trinajstić information content (AvgIpc) is 2.86. The van der Waals surface area contributed by atoms with Crippen LogP contribution in [0.2, 0.25) is 0 Å². The molecule has 6 nitrogen and oxygen atoms in total. The lowest BCUT2D eigenvalue weighted by Gasteiger charge is -2.13. The molecular weight excluding hydrogens is 258 g/mol. The van der Waals surface area contributed by atoms with Crippen molar-refractivity contribution in [2.75, 3.05) is 0 Å². The number of nitrogens with one attached hydrogen (secondary N) is 1. The largest absolute Gasteiger partial charge is 0.451 e. The van der Waals surface area contributed by atoms with E-state index in [0.29, 0.717) is 12.0 Å². The number of aryl methyl sites for hydroxylation is 1. The number of hydrogen-bond acceptors (Lipinski definition) is 4. The Morgan fingerprint density at radius 2 is 2.25 bits per heavy atom. The molecule has 1 aromatic carbocycles. The number of amides is 1. The third-order valence-electron chi connectivity index (χ3n) is 3.08. The van der Waals surface area contributed by atoms with Crippen LogP contribution in [0, 0.1) is 6.92 Å². The first-order valence-corrected chi connectivity index (χ1v) is 6.33. The molecule has 1 amide bonds. The number of rotatable bonds is 4. The minimum absolute atomic E-state index is 0.0344. The molecule has 0 bridgehead atoms. The fourth-order valence-electron chi connectivity index (χ4n) is 1.96. The molecule has 0 aliphatic heterocycles. The Bertz CT molecular complexity index is 661. The Morgan fingerprint density at radius 3 is 2.90 bits per heavy atom. The first-order valence-electron chi connectivity index (χ1n) is 6.33. The Hall–Kier alpha value is -2.50. The lowest BCUT2D eigenvalue weighted by Crippen LogP contribution is -2.44. The van der Waals surface area contributed by atoms with Crippen molar-refractivity contribution < 1.29 is 14.4 Å². The molecule has 0 aliphatic rings. The van der Waals surface area contributed by atoms with Gasteiger partial charge in [-0.3, -0.25) is 4.79 Å². The lowest BCUT2D eigenvalue weighted by atomic mass is 10.2. The number of carbonyl (C=O) groups is 1. The molecule has 0 aliphatic carbocycles. The number of fused-ring (bicyclic) bond motifs is 1. The third-order valence-corrected chi connectivity index (χ3v) is 3.08. The fourth-order valence-corrected chi connectivity index (χ4v) is 1.96. The van der Waals surface area contributed by atoms with E-state index in [1.54, 1.807) is 6.07 Å². The predicted molar refractivity (Wildman–Crippen MR) is 75.9 cm³/mol. The summed E-state index contributed by atoms with van der Waals surface area (Å²) in [5.41, 5.74) is 7.25. The topological polar surface area (TPSA) is 101 Å². The molecule has 20 heavy (non-hydrogen) atoms. The van der Waals surface area contributed by atoms with E-state index in [2.05, 4.69) is 10.5 Å². The van der Waals surface area contributed by atoms with Crippen molar-refractivity contribution in [3.05, 3.63) is 35.6 Å². The van der Waals surface area contributed by atoms with Crippen LogP contribution in [0.1, 0.15) is 29.5 Å². The van der Waals surface area contributed by atoms with Crippen LogP contribution in [0.5, 0.6) is 0 Å². The molecule has 106 valence electrons. The zero-order valence-corrected chi connectivity index (χ0v) is 11.4. The predicted octanol–water partition coefficient (Wildman–Crippen LogP) is 2.00. The van der Waals surface area contributed by atoms with Gasteiger partial charge in [-0.25, -0.2) is 0 Å². The van der Waals surface area contributed by atoms with Gasteiger partial charge in [-0.1, -0.05) is 23.7 Å². The Morgan fingerprint density at radius 1 is 1.50 bits per heavy atom. The van der Waals surface area contributed by atoms with Crippen LogP contribution in [-0.4, -0.2) is 23.0 Å². The van der Waals surface area contributed by atoms with Crippen LogP contribution in [0.25, 0.3) is 11.0 Å². The van der Waals surface area contributed by atoms with E-state index in [0.717, 1.165) is 10.9 Å². The van der Waals surface area contributed by atoms with E-state index in [-0.39, 0.29) is 11.6 Å². The summed E-state index contributed by atoms with van der Waals surface area (Å²) < 4.78 is 5.49. The molecule has 2 rings (SSSR count). The molecule has 6 heteroatoms. The van der Waals surface area contributed by atoms with Crippen LogP contribution < -0.4 is 11.1 Å². The highest BCUT2D eigenvalue weighted by molar-refractivity contribution is 5.99. The first-order chi connectivity index (χ1) is 9.55. The van der Waals surface area contributed by atoms with Crippen molar-refractivity contribution in [3.63, 3.8) is 0 Å². The van der Waals surface area contributed by atoms with E-state index in [1.165, 1.54) is 0 Å². The van der Waals surface area contributed by atoms with Crippen LogP contribution in [-0.2, 0) is 0 Å².